The molecule has 0 spiro atoms. The molecule has 1 atom stereocenters. The molecule has 1 aromatic rings. The number of amides is 2. The number of hydrogen-bond donors (Lipinski definition) is 3. The van der Waals surface area contributed by atoms with E-state index in [0.29, 0.717) is 11.4 Å². The molecule has 0 bridgehead atoms. The minimum atomic E-state index is -1.07. The average Bonchev–Trinajstić information content (AvgIpc) is 2.88. The van der Waals surface area contributed by atoms with Gasteiger partial charge >= 0.3 is 12.0 Å². The Balaban J connectivity index is 2.43. The first kappa shape index (κ1) is 15.5. The highest BCUT2D eigenvalue weighted by atomic mass is 32.1. The summed E-state index contributed by atoms with van der Waals surface area (Å²) in [5.74, 6) is -1.07. The van der Waals surface area contributed by atoms with E-state index in [9.17, 15) is 9.59 Å². The lowest BCUT2D eigenvalue weighted by Gasteiger charge is -2.16. The van der Waals surface area contributed by atoms with E-state index >= 15 is 0 Å². The van der Waals surface area contributed by atoms with E-state index in [2.05, 4.69) is 10.6 Å². The third kappa shape index (κ3) is 5.27. The van der Waals surface area contributed by atoms with Crippen LogP contribution in [0.1, 0.15) is 17.8 Å². The van der Waals surface area contributed by atoms with Crippen molar-refractivity contribution in [1.29, 1.82) is 0 Å². The smallest absolute Gasteiger partial charge is 0.331 e. The van der Waals surface area contributed by atoms with E-state index in [1.165, 1.54) is 11.3 Å². The molecule has 0 saturated carbocycles. The summed E-state index contributed by atoms with van der Waals surface area (Å²) < 4.78 is 0. The molecule has 0 aromatic carbocycles. The maximum Gasteiger partial charge on any atom is 0.331 e. The molecule has 7 heteroatoms. The molecule has 19 heavy (non-hydrogen) atoms. The molecule has 0 fully saturated rings. The molecule has 1 aromatic heterocycles. The lowest BCUT2D eigenvalue weighted by molar-refractivity contribution is -0.139. The minimum Gasteiger partial charge on any atom is -0.479 e. The molecule has 3 N–H and O–H groups in total. The van der Waals surface area contributed by atoms with E-state index in [0.717, 1.165) is 13.1 Å². The summed E-state index contributed by atoms with van der Waals surface area (Å²) in [4.78, 5) is 25.4. The quantitative estimate of drug-likeness (QED) is 0.701. The lowest BCUT2D eigenvalue weighted by atomic mass is 10.2. The van der Waals surface area contributed by atoms with E-state index in [1.807, 2.05) is 18.9 Å². The fourth-order valence-electron chi connectivity index (χ4n) is 1.41. The van der Waals surface area contributed by atoms with Crippen LogP contribution in [-0.4, -0.2) is 48.7 Å². The van der Waals surface area contributed by atoms with Gasteiger partial charge < -0.3 is 20.6 Å². The Kier molecular flexibility index (Phi) is 6.31. The van der Waals surface area contributed by atoms with Gasteiger partial charge in [-0.25, -0.2) is 9.59 Å². The summed E-state index contributed by atoms with van der Waals surface area (Å²) >= 11 is 1.30. The van der Waals surface area contributed by atoms with Gasteiger partial charge in [0.2, 0.25) is 0 Å². The zero-order valence-electron chi connectivity index (χ0n) is 11.0. The van der Waals surface area contributed by atoms with Gasteiger partial charge in [0.05, 0.1) is 0 Å². The molecule has 0 aliphatic heterocycles. The number of carboxylic acids is 1. The van der Waals surface area contributed by atoms with Gasteiger partial charge in [0.15, 0.2) is 6.04 Å². The highest BCUT2D eigenvalue weighted by Gasteiger charge is 2.22. The molecule has 1 unspecified atom stereocenters. The number of nitrogens with one attached hydrogen (secondary N) is 2. The number of aliphatic carboxylic acids is 1. The Hall–Kier alpha value is -1.60. The van der Waals surface area contributed by atoms with Crippen molar-refractivity contribution in [2.24, 2.45) is 0 Å². The summed E-state index contributed by atoms with van der Waals surface area (Å²) in [7, 11) is 1.95. The highest BCUT2D eigenvalue weighted by Crippen LogP contribution is 2.18. The van der Waals surface area contributed by atoms with Crippen molar-refractivity contribution in [2.45, 2.75) is 13.0 Å². The number of carbonyl (C=O) groups is 2. The van der Waals surface area contributed by atoms with E-state index in [1.54, 1.807) is 17.5 Å². The highest BCUT2D eigenvalue weighted by molar-refractivity contribution is 7.10. The second-order valence-corrected chi connectivity index (χ2v) is 5.06. The lowest BCUT2D eigenvalue weighted by Crippen LogP contribution is -2.43. The van der Waals surface area contributed by atoms with Gasteiger partial charge in [0, 0.05) is 18.0 Å². The Bertz CT molecular complexity index is 408. The number of likely N-dealkylation sites (N-methyl/N-ethyl adjacent to an activating group) is 1. The molecular formula is C12H19N3O3S. The summed E-state index contributed by atoms with van der Waals surface area (Å²) in [5, 5.41) is 16.0. The molecule has 106 valence electrons. The molecular weight excluding hydrogens is 266 g/mol. The number of thiophene rings is 1. The van der Waals surface area contributed by atoms with Crippen LogP contribution in [0.5, 0.6) is 0 Å². The number of nitrogens with zero attached hydrogens (tertiary/aromatic N) is 1. The van der Waals surface area contributed by atoms with Gasteiger partial charge in [-0.15, -0.1) is 11.3 Å². The van der Waals surface area contributed by atoms with Crippen LogP contribution in [0.15, 0.2) is 17.5 Å². The molecule has 0 aliphatic carbocycles. The first-order valence-corrected chi connectivity index (χ1v) is 6.91. The van der Waals surface area contributed by atoms with Gasteiger partial charge in [0.25, 0.3) is 0 Å². The Morgan fingerprint density at radius 2 is 2.26 bits per heavy atom. The fourth-order valence-corrected chi connectivity index (χ4v) is 2.18. The summed E-state index contributed by atoms with van der Waals surface area (Å²) in [6.07, 6.45) is 0. The summed E-state index contributed by atoms with van der Waals surface area (Å²) in [5.41, 5.74) is 0. The van der Waals surface area contributed by atoms with Crippen LogP contribution in [0.3, 0.4) is 0 Å². The second kappa shape index (κ2) is 7.75. The molecule has 1 rings (SSSR count). The van der Waals surface area contributed by atoms with Crippen molar-refractivity contribution in [3.05, 3.63) is 22.4 Å². The molecule has 1 heterocycles. The number of carboxylic acid groups (broad SMARTS) is 1. The van der Waals surface area contributed by atoms with Crippen LogP contribution in [-0.2, 0) is 4.79 Å². The van der Waals surface area contributed by atoms with Crippen LogP contribution in [0.25, 0.3) is 0 Å². The van der Waals surface area contributed by atoms with Crippen molar-refractivity contribution >= 4 is 23.3 Å². The maximum absolute atomic E-state index is 11.6. The first-order chi connectivity index (χ1) is 9.04. The summed E-state index contributed by atoms with van der Waals surface area (Å²) in [6.45, 7) is 4.13. The predicted molar refractivity (Wildman–Crippen MR) is 74.4 cm³/mol. The number of hydrogen-bond acceptors (Lipinski definition) is 4. The zero-order valence-corrected chi connectivity index (χ0v) is 11.9. The van der Waals surface area contributed by atoms with Gasteiger partial charge in [-0.3, -0.25) is 0 Å². The van der Waals surface area contributed by atoms with Gasteiger partial charge in [0.1, 0.15) is 0 Å². The molecule has 0 radical (unpaired) electrons. The Labute approximate surface area is 116 Å². The van der Waals surface area contributed by atoms with Crippen LogP contribution >= 0.6 is 11.3 Å². The average molecular weight is 285 g/mol. The van der Waals surface area contributed by atoms with Crippen LogP contribution in [0.2, 0.25) is 0 Å². The van der Waals surface area contributed by atoms with Gasteiger partial charge in [-0.1, -0.05) is 13.0 Å². The van der Waals surface area contributed by atoms with Gasteiger partial charge in [-0.05, 0) is 25.0 Å². The third-order valence-corrected chi connectivity index (χ3v) is 3.61. The van der Waals surface area contributed by atoms with Crippen molar-refractivity contribution in [3.63, 3.8) is 0 Å². The zero-order chi connectivity index (χ0) is 14.3. The SMILES string of the molecule is CCN(C)CCNC(=O)NC(C(=O)O)c1cccs1. The second-order valence-electron chi connectivity index (χ2n) is 4.08. The van der Waals surface area contributed by atoms with Gasteiger partial charge in [-0.2, -0.15) is 0 Å². The topological polar surface area (TPSA) is 81.7 Å². The van der Waals surface area contributed by atoms with Crippen molar-refractivity contribution in [2.75, 3.05) is 26.7 Å². The Morgan fingerprint density at radius 3 is 2.79 bits per heavy atom. The van der Waals surface area contributed by atoms with Crippen molar-refractivity contribution < 1.29 is 14.7 Å². The molecule has 0 aliphatic rings. The third-order valence-electron chi connectivity index (χ3n) is 2.67. The minimum absolute atomic E-state index is 0.467. The predicted octanol–water partition coefficient (Wildman–Crippen LogP) is 1.12. The van der Waals surface area contributed by atoms with Crippen molar-refractivity contribution in [1.82, 2.24) is 15.5 Å². The summed E-state index contributed by atoms with van der Waals surface area (Å²) in [6, 6.07) is 1.98. The number of urea groups is 1. The fraction of sp³-hybridized carbons (Fsp3) is 0.500. The van der Waals surface area contributed by atoms with E-state index < -0.39 is 18.0 Å². The largest absolute Gasteiger partial charge is 0.479 e. The number of rotatable bonds is 7. The van der Waals surface area contributed by atoms with Crippen LogP contribution in [0.4, 0.5) is 4.79 Å². The normalized spacial score (nSPS) is 12.2. The molecule has 6 nitrogen and oxygen atoms in total. The standard InChI is InChI=1S/C12H19N3O3S/c1-3-15(2)7-6-13-12(18)14-10(11(16)17)9-5-4-8-19-9/h4-5,8,10H,3,6-7H2,1-2H3,(H,16,17)(H2,13,14,18). The Morgan fingerprint density at radius 1 is 1.53 bits per heavy atom. The van der Waals surface area contributed by atoms with Crippen LogP contribution < -0.4 is 10.6 Å². The van der Waals surface area contributed by atoms with Crippen LogP contribution in [0, 0.1) is 0 Å². The maximum atomic E-state index is 11.6. The molecule has 2 amide bonds. The van der Waals surface area contributed by atoms with E-state index in [-0.39, 0.29) is 0 Å². The number of carbonyl (C=O) groups excluding carboxylic acids is 1. The van der Waals surface area contributed by atoms with E-state index in [4.69, 9.17) is 5.11 Å². The first-order valence-electron chi connectivity index (χ1n) is 6.03. The van der Waals surface area contributed by atoms with Crippen molar-refractivity contribution in [3.8, 4) is 0 Å². The monoisotopic (exact) mass is 285 g/mol. The molecule has 0 saturated heterocycles.